The molecular weight excluding hydrogens is 360 g/mol. The second kappa shape index (κ2) is 7.59. The van der Waals surface area contributed by atoms with Crippen molar-refractivity contribution in [1.29, 1.82) is 0 Å². The van der Waals surface area contributed by atoms with E-state index in [0.29, 0.717) is 0 Å². The molecule has 2 atom stereocenters. The maximum atomic E-state index is 4.52. The normalized spacial score (nSPS) is 17.6. The predicted molar refractivity (Wildman–Crippen MR) is 115 cm³/mol. The summed E-state index contributed by atoms with van der Waals surface area (Å²) in [4.78, 5) is 3.61. The van der Waals surface area contributed by atoms with Gasteiger partial charge in [-0.25, -0.2) is 4.68 Å². The molecule has 2 aromatic carbocycles. The first-order chi connectivity index (χ1) is 13.8. The average molecular weight is 392 g/mol. The predicted octanol–water partition coefficient (Wildman–Crippen LogP) is 2.22. The lowest BCUT2D eigenvalue weighted by atomic mass is 9.95. The van der Waals surface area contributed by atoms with Crippen LogP contribution in [0.5, 0.6) is 0 Å². The largest absolute Gasteiger partial charge is 0.378 e. The molecule has 4 rings (SSSR count). The molecule has 29 heavy (non-hydrogen) atoms. The molecule has 0 amide bonds. The van der Waals surface area contributed by atoms with Gasteiger partial charge >= 0.3 is 0 Å². The van der Waals surface area contributed by atoms with Gasteiger partial charge in [-0.15, -0.1) is 5.10 Å². The van der Waals surface area contributed by atoms with Crippen molar-refractivity contribution in [2.75, 3.05) is 25.5 Å². The van der Waals surface area contributed by atoms with Gasteiger partial charge in [0.1, 0.15) is 6.54 Å². The fourth-order valence-corrected chi connectivity index (χ4v) is 4.23. The topological polar surface area (TPSA) is 51.3 Å². The number of nitrogens with zero attached hydrogens (tertiary/aromatic N) is 5. The fraction of sp³-hybridized carbons (Fsp3) is 0.435. The van der Waals surface area contributed by atoms with Crippen LogP contribution in [-0.4, -0.2) is 40.8 Å². The summed E-state index contributed by atoms with van der Waals surface area (Å²) in [7, 11) is 4.14. The van der Waals surface area contributed by atoms with Gasteiger partial charge in [0.25, 0.3) is 0 Å². The molecule has 6 nitrogen and oxygen atoms in total. The molecule has 0 spiro atoms. The van der Waals surface area contributed by atoms with Crippen LogP contribution in [0, 0.1) is 0 Å². The third-order valence-electron chi connectivity index (χ3n) is 5.79. The van der Waals surface area contributed by atoms with Crippen molar-refractivity contribution < 1.29 is 4.90 Å². The molecule has 1 aliphatic heterocycles. The van der Waals surface area contributed by atoms with Gasteiger partial charge in [-0.3, -0.25) is 0 Å². The van der Waals surface area contributed by atoms with E-state index in [0.717, 1.165) is 25.3 Å². The summed E-state index contributed by atoms with van der Waals surface area (Å²) in [5.74, 6) is 0.935. The first-order valence-electron chi connectivity index (χ1n) is 10.3. The van der Waals surface area contributed by atoms with E-state index in [4.69, 9.17) is 0 Å². The lowest BCUT2D eigenvalue weighted by Gasteiger charge is -2.33. The van der Waals surface area contributed by atoms with Crippen LogP contribution in [0.1, 0.15) is 49.3 Å². The number of rotatable bonds is 4. The smallest absolute Gasteiger partial charge is 0.214 e. The van der Waals surface area contributed by atoms with E-state index in [-0.39, 0.29) is 11.6 Å². The van der Waals surface area contributed by atoms with Gasteiger partial charge in [0, 0.05) is 37.3 Å². The fourth-order valence-electron chi connectivity index (χ4n) is 4.23. The van der Waals surface area contributed by atoms with Crippen LogP contribution < -0.4 is 9.80 Å². The summed E-state index contributed by atoms with van der Waals surface area (Å²) in [6.07, 6.45) is 1.08. The Bertz CT molecular complexity index is 968. The van der Waals surface area contributed by atoms with Crippen LogP contribution in [0.2, 0.25) is 0 Å². The minimum atomic E-state index is -0.173. The Hall–Kier alpha value is -2.73. The highest BCUT2D eigenvalue weighted by atomic mass is 15.6. The molecule has 0 aliphatic carbocycles. The van der Waals surface area contributed by atoms with Gasteiger partial charge < -0.3 is 9.80 Å². The van der Waals surface area contributed by atoms with Crippen molar-refractivity contribution in [1.82, 2.24) is 20.2 Å². The molecule has 0 bridgehead atoms. The van der Waals surface area contributed by atoms with Crippen LogP contribution in [-0.2, 0) is 18.5 Å². The summed E-state index contributed by atoms with van der Waals surface area (Å²) in [6.45, 7) is 8.50. The number of tetrazole rings is 1. The monoisotopic (exact) mass is 391 g/mol. The maximum absolute atomic E-state index is 4.52. The van der Waals surface area contributed by atoms with Crippen molar-refractivity contribution in [2.45, 2.75) is 45.3 Å². The highest BCUT2D eigenvalue weighted by Crippen LogP contribution is 2.25. The van der Waals surface area contributed by atoms with E-state index in [2.05, 4.69) is 104 Å². The van der Waals surface area contributed by atoms with Crippen LogP contribution in [0.4, 0.5) is 5.69 Å². The third kappa shape index (κ3) is 3.90. The Labute approximate surface area is 173 Å². The number of fused-ring (bicyclic) bond motifs is 1. The lowest BCUT2D eigenvalue weighted by Crippen LogP contribution is -3.12. The Morgan fingerprint density at radius 2 is 1.69 bits per heavy atom. The zero-order valence-corrected chi connectivity index (χ0v) is 18.1. The molecule has 1 aliphatic rings. The van der Waals surface area contributed by atoms with Gasteiger partial charge in [-0.05, 0) is 48.9 Å². The Balaban J connectivity index is 1.77. The van der Waals surface area contributed by atoms with E-state index < -0.39 is 0 Å². The van der Waals surface area contributed by atoms with Crippen molar-refractivity contribution in [3.8, 4) is 0 Å². The van der Waals surface area contributed by atoms with Crippen LogP contribution in [0.15, 0.2) is 48.5 Å². The highest BCUT2D eigenvalue weighted by molar-refractivity contribution is 5.46. The molecule has 1 unspecified atom stereocenters. The first-order valence-corrected chi connectivity index (χ1v) is 10.3. The summed E-state index contributed by atoms with van der Waals surface area (Å²) in [6, 6.07) is 17.7. The van der Waals surface area contributed by atoms with Crippen molar-refractivity contribution >= 4 is 5.69 Å². The molecule has 3 aromatic rings. The molecule has 0 fully saturated rings. The Kier molecular flexibility index (Phi) is 5.13. The van der Waals surface area contributed by atoms with E-state index >= 15 is 0 Å². The minimum absolute atomic E-state index is 0.0915. The lowest BCUT2D eigenvalue weighted by molar-refractivity contribution is -0.941. The molecular formula is C23H31N6+. The Morgan fingerprint density at radius 3 is 2.34 bits per heavy atom. The van der Waals surface area contributed by atoms with Gasteiger partial charge in [-0.1, -0.05) is 36.4 Å². The highest BCUT2D eigenvalue weighted by Gasteiger charge is 2.36. The van der Waals surface area contributed by atoms with Crippen LogP contribution in [0.25, 0.3) is 0 Å². The number of nitrogens with one attached hydrogen (secondary N) is 1. The number of hydrogen-bond acceptors (Lipinski definition) is 4. The number of anilines is 1. The van der Waals surface area contributed by atoms with Gasteiger partial charge in [0.05, 0.1) is 12.1 Å². The van der Waals surface area contributed by atoms with Crippen molar-refractivity contribution in [3.63, 3.8) is 0 Å². The quantitative estimate of drug-likeness (QED) is 0.741. The molecule has 152 valence electrons. The molecule has 0 saturated carbocycles. The standard InChI is InChI=1S/C23H30N6/c1-23(2,3)29-22(24-25-26-29)21(18-10-12-20(13-11-18)27(4)5)28-15-14-17-8-6-7-9-19(17)16-28/h6-13,21H,14-16H2,1-5H3/p+1/t21-/m1/s1. The summed E-state index contributed by atoms with van der Waals surface area (Å²) in [5.41, 5.74) is 5.17. The molecule has 1 N–H and O–H groups in total. The second-order valence-electron chi connectivity index (χ2n) is 9.14. The Morgan fingerprint density at radius 1 is 1.00 bits per heavy atom. The van der Waals surface area contributed by atoms with Crippen LogP contribution in [0.3, 0.4) is 0 Å². The average Bonchev–Trinajstić information content (AvgIpc) is 3.18. The zero-order valence-electron chi connectivity index (χ0n) is 18.1. The third-order valence-corrected chi connectivity index (χ3v) is 5.79. The molecule has 1 aromatic heterocycles. The number of hydrogen-bond donors (Lipinski definition) is 1. The molecule has 2 heterocycles. The van der Waals surface area contributed by atoms with Crippen molar-refractivity contribution in [3.05, 3.63) is 71.0 Å². The minimum Gasteiger partial charge on any atom is -0.378 e. The first kappa shape index (κ1) is 19.6. The number of quaternary nitrogens is 1. The SMILES string of the molecule is CN(C)c1ccc([C@H](c2nnnn2C(C)(C)C)[NH+]2CCc3ccccc3C2)cc1. The second-order valence-corrected chi connectivity index (χ2v) is 9.14. The van der Waals surface area contributed by atoms with E-state index in [1.54, 1.807) is 0 Å². The van der Waals surface area contributed by atoms with Crippen molar-refractivity contribution in [2.24, 2.45) is 0 Å². The summed E-state index contributed by atoms with van der Waals surface area (Å²) >= 11 is 0. The summed E-state index contributed by atoms with van der Waals surface area (Å²) in [5, 5.41) is 12.9. The van der Waals surface area contributed by atoms with Gasteiger partial charge in [-0.2, -0.15) is 0 Å². The van der Waals surface area contributed by atoms with E-state index in [1.807, 2.05) is 4.68 Å². The van der Waals surface area contributed by atoms with E-state index in [9.17, 15) is 0 Å². The summed E-state index contributed by atoms with van der Waals surface area (Å²) < 4.78 is 1.99. The van der Waals surface area contributed by atoms with Gasteiger partial charge in [0.15, 0.2) is 6.04 Å². The zero-order chi connectivity index (χ0) is 20.6. The molecule has 0 saturated heterocycles. The number of aromatic nitrogens is 4. The van der Waals surface area contributed by atoms with Gasteiger partial charge in [0.2, 0.25) is 5.82 Å². The van der Waals surface area contributed by atoms with Crippen LogP contribution >= 0.6 is 0 Å². The molecule has 6 heteroatoms. The van der Waals surface area contributed by atoms with E-state index in [1.165, 1.54) is 27.3 Å². The molecule has 0 radical (unpaired) electrons. The number of benzene rings is 2. The maximum Gasteiger partial charge on any atom is 0.214 e.